The van der Waals surface area contributed by atoms with Crippen LogP contribution >= 0.6 is 0 Å². The highest BCUT2D eigenvalue weighted by molar-refractivity contribution is 5.83. The van der Waals surface area contributed by atoms with Crippen LogP contribution in [-0.4, -0.2) is 60.1 Å². The summed E-state index contributed by atoms with van der Waals surface area (Å²) in [5.74, 6) is 0.357. The molecule has 1 unspecified atom stereocenters. The van der Waals surface area contributed by atoms with E-state index < -0.39 is 0 Å². The predicted octanol–water partition coefficient (Wildman–Crippen LogP) is 4.15. The quantitative estimate of drug-likeness (QED) is 0.792. The summed E-state index contributed by atoms with van der Waals surface area (Å²) in [7, 11) is 0. The normalized spacial score (nSPS) is 21.3. The van der Waals surface area contributed by atoms with Gasteiger partial charge in [-0.3, -0.25) is 0 Å². The summed E-state index contributed by atoms with van der Waals surface area (Å²) in [5, 5.41) is 4.11. The Morgan fingerprint density at radius 1 is 1.14 bits per heavy atom. The number of fused-ring (bicyclic) bond motifs is 1. The fourth-order valence-electron chi connectivity index (χ4n) is 4.86. The Morgan fingerprint density at radius 2 is 1.97 bits per heavy atom. The van der Waals surface area contributed by atoms with Crippen LogP contribution in [0.25, 0.3) is 10.9 Å². The predicted molar refractivity (Wildman–Crippen MR) is 115 cm³/mol. The summed E-state index contributed by atoms with van der Waals surface area (Å²) < 4.78 is 13.3. The van der Waals surface area contributed by atoms with Crippen molar-refractivity contribution in [1.29, 1.82) is 0 Å². The molecule has 2 aliphatic rings. The van der Waals surface area contributed by atoms with E-state index in [0.29, 0.717) is 12.5 Å². The summed E-state index contributed by atoms with van der Waals surface area (Å²) in [6.45, 7) is 5.89. The van der Waals surface area contributed by atoms with Crippen LogP contribution in [0.3, 0.4) is 0 Å². The number of urea groups is 1. The molecule has 2 N–H and O–H groups in total. The molecule has 2 saturated heterocycles. The van der Waals surface area contributed by atoms with Crippen molar-refractivity contribution < 1.29 is 9.18 Å². The molecule has 6 heteroatoms. The van der Waals surface area contributed by atoms with Crippen LogP contribution in [-0.2, 0) is 6.42 Å². The molecule has 0 spiro atoms. The molecule has 0 saturated carbocycles. The summed E-state index contributed by atoms with van der Waals surface area (Å²) in [6.07, 6.45) is 10.3. The second-order valence-corrected chi connectivity index (χ2v) is 8.65. The Hall–Kier alpha value is -2.08. The van der Waals surface area contributed by atoms with Crippen LogP contribution < -0.4 is 5.32 Å². The minimum atomic E-state index is -0.237. The first-order valence-corrected chi connectivity index (χ1v) is 11.2. The molecule has 2 aromatic rings. The number of hydrogen-bond acceptors (Lipinski definition) is 2. The molecule has 2 aliphatic heterocycles. The van der Waals surface area contributed by atoms with Crippen molar-refractivity contribution in [2.75, 3.05) is 39.3 Å². The van der Waals surface area contributed by atoms with Crippen molar-refractivity contribution in [3.8, 4) is 0 Å². The zero-order valence-electron chi connectivity index (χ0n) is 17.3. The number of piperidine rings is 1. The van der Waals surface area contributed by atoms with Gasteiger partial charge in [0.2, 0.25) is 0 Å². The van der Waals surface area contributed by atoms with Gasteiger partial charge in [0.25, 0.3) is 0 Å². The first-order chi connectivity index (χ1) is 14.2. The van der Waals surface area contributed by atoms with Crippen molar-refractivity contribution in [3.63, 3.8) is 0 Å². The van der Waals surface area contributed by atoms with Crippen LogP contribution in [0, 0.1) is 11.7 Å². The van der Waals surface area contributed by atoms with Gasteiger partial charge in [-0.15, -0.1) is 0 Å². The fraction of sp³-hybridized carbons (Fsp3) is 0.609. The van der Waals surface area contributed by atoms with Crippen LogP contribution in [0.5, 0.6) is 0 Å². The van der Waals surface area contributed by atoms with Gasteiger partial charge in [0.15, 0.2) is 0 Å². The molecule has 29 heavy (non-hydrogen) atoms. The number of halogens is 1. The van der Waals surface area contributed by atoms with E-state index in [1.807, 2.05) is 11.1 Å². The molecule has 5 nitrogen and oxygen atoms in total. The maximum absolute atomic E-state index is 13.3. The van der Waals surface area contributed by atoms with E-state index >= 15 is 0 Å². The van der Waals surface area contributed by atoms with Gasteiger partial charge in [0, 0.05) is 43.3 Å². The Morgan fingerprint density at radius 3 is 2.79 bits per heavy atom. The van der Waals surface area contributed by atoms with E-state index in [0.717, 1.165) is 48.9 Å². The van der Waals surface area contributed by atoms with Gasteiger partial charge in [0.1, 0.15) is 5.82 Å². The molecule has 3 heterocycles. The number of rotatable bonds is 5. The Bertz CT molecular complexity index is 812. The maximum Gasteiger partial charge on any atom is 0.317 e. The van der Waals surface area contributed by atoms with Gasteiger partial charge in [-0.1, -0.05) is 12.8 Å². The number of carbonyl (C=O) groups excluding carboxylic acids is 1. The lowest BCUT2D eigenvalue weighted by Crippen LogP contribution is -2.48. The van der Waals surface area contributed by atoms with Gasteiger partial charge >= 0.3 is 6.03 Å². The van der Waals surface area contributed by atoms with Crippen molar-refractivity contribution >= 4 is 16.9 Å². The van der Waals surface area contributed by atoms with Gasteiger partial charge in [-0.05, 0) is 74.9 Å². The molecule has 0 aliphatic carbocycles. The van der Waals surface area contributed by atoms with E-state index in [9.17, 15) is 9.18 Å². The van der Waals surface area contributed by atoms with Crippen molar-refractivity contribution in [3.05, 3.63) is 35.8 Å². The highest BCUT2D eigenvalue weighted by Crippen LogP contribution is 2.21. The lowest BCUT2D eigenvalue weighted by atomic mass is 9.97. The molecule has 2 amide bonds. The Balaban J connectivity index is 1.24. The highest BCUT2D eigenvalue weighted by atomic mass is 19.1. The lowest BCUT2D eigenvalue weighted by molar-refractivity contribution is 0.140. The Kier molecular flexibility index (Phi) is 6.70. The molecule has 0 bridgehead atoms. The third-order valence-electron chi connectivity index (χ3n) is 6.42. The van der Waals surface area contributed by atoms with Crippen LogP contribution in [0.15, 0.2) is 24.4 Å². The highest BCUT2D eigenvalue weighted by Gasteiger charge is 2.25. The summed E-state index contributed by atoms with van der Waals surface area (Å²) in [5.41, 5.74) is 1.91. The molecule has 1 aromatic heterocycles. The largest absolute Gasteiger partial charge is 0.361 e. The minimum absolute atomic E-state index is 0.0523. The average Bonchev–Trinajstić information content (AvgIpc) is 2.94. The SMILES string of the molecule is O=C(NCCc1c[nH]c2cc(F)ccc12)N1CCCC(CN2CCCCCC2)C1. The number of hydrogen-bond donors (Lipinski definition) is 2. The second-order valence-electron chi connectivity index (χ2n) is 8.65. The second kappa shape index (κ2) is 9.61. The number of carbonyl (C=O) groups is 1. The zero-order chi connectivity index (χ0) is 20.1. The van der Waals surface area contributed by atoms with Gasteiger partial charge < -0.3 is 20.1 Å². The fourth-order valence-corrected chi connectivity index (χ4v) is 4.86. The summed E-state index contributed by atoms with van der Waals surface area (Å²) >= 11 is 0. The number of likely N-dealkylation sites (tertiary alicyclic amines) is 2. The van der Waals surface area contributed by atoms with Crippen LogP contribution in [0.1, 0.15) is 44.1 Å². The van der Waals surface area contributed by atoms with Crippen LogP contribution in [0.2, 0.25) is 0 Å². The van der Waals surface area contributed by atoms with Crippen molar-refractivity contribution in [1.82, 2.24) is 20.1 Å². The van der Waals surface area contributed by atoms with Crippen molar-refractivity contribution in [2.45, 2.75) is 44.9 Å². The first kappa shape index (κ1) is 20.2. The first-order valence-electron chi connectivity index (χ1n) is 11.2. The third kappa shape index (κ3) is 5.30. The summed E-state index contributed by atoms with van der Waals surface area (Å²) in [6, 6.07) is 4.85. The average molecular weight is 401 g/mol. The molecule has 1 aromatic carbocycles. The molecule has 4 rings (SSSR count). The number of amides is 2. The number of nitrogens with zero attached hydrogens (tertiary/aromatic N) is 2. The minimum Gasteiger partial charge on any atom is -0.361 e. The smallest absolute Gasteiger partial charge is 0.317 e. The molecule has 2 fully saturated rings. The number of H-pyrrole nitrogens is 1. The molecule has 158 valence electrons. The molecule has 0 radical (unpaired) electrons. The molecule has 1 atom stereocenters. The van der Waals surface area contributed by atoms with E-state index in [1.165, 1.54) is 57.3 Å². The molecular weight excluding hydrogens is 367 g/mol. The number of nitrogens with one attached hydrogen (secondary N) is 2. The van der Waals surface area contributed by atoms with Gasteiger partial charge in [0.05, 0.1) is 0 Å². The summed E-state index contributed by atoms with van der Waals surface area (Å²) in [4.78, 5) is 20.4. The van der Waals surface area contributed by atoms with E-state index in [4.69, 9.17) is 0 Å². The monoisotopic (exact) mass is 400 g/mol. The van der Waals surface area contributed by atoms with E-state index in [2.05, 4.69) is 15.2 Å². The third-order valence-corrected chi connectivity index (χ3v) is 6.42. The number of aromatic nitrogens is 1. The van der Waals surface area contributed by atoms with Gasteiger partial charge in [-0.25, -0.2) is 9.18 Å². The topological polar surface area (TPSA) is 51.4 Å². The Labute approximate surface area is 172 Å². The number of aromatic amines is 1. The number of benzene rings is 1. The van der Waals surface area contributed by atoms with E-state index in [1.54, 1.807) is 6.07 Å². The standard InChI is InChI=1S/C23H33FN4O/c24-20-7-8-21-19(15-26-22(21)14-20)9-10-25-23(29)28-13-5-6-18(17-28)16-27-11-3-1-2-4-12-27/h7-8,14-15,18,26H,1-6,9-13,16-17H2,(H,25,29). The maximum atomic E-state index is 13.3. The van der Waals surface area contributed by atoms with Gasteiger partial charge in [-0.2, -0.15) is 0 Å². The van der Waals surface area contributed by atoms with Crippen molar-refractivity contribution in [2.24, 2.45) is 5.92 Å². The zero-order valence-corrected chi connectivity index (χ0v) is 17.3. The molecular formula is C23H33FN4O. The lowest BCUT2D eigenvalue weighted by Gasteiger charge is -2.35. The van der Waals surface area contributed by atoms with Crippen LogP contribution in [0.4, 0.5) is 9.18 Å². The van der Waals surface area contributed by atoms with E-state index in [-0.39, 0.29) is 11.8 Å².